The Morgan fingerprint density at radius 3 is 2.95 bits per heavy atom. The fraction of sp³-hybridized carbons (Fsp3) is 0.533. The smallest absolute Gasteiger partial charge is 0.127 e. The van der Waals surface area contributed by atoms with E-state index in [9.17, 15) is 4.39 Å². The van der Waals surface area contributed by atoms with E-state index in [2.05, 4.69) is 0 Å². The van der Waals surface area contributed by atoms with E-state index in [0.717, 1.165) is 19.1 Å². The van der Waals surface area contributed by atoms with Gasteiger partial charge in [0, 0.05) is 25.3 Å². The van der Waals surface area contributed by atoms with Gasteiger partial charge in [0.05, 0.1) is 18.2 Å². The molecule has 19 heavy (non-hydrogen) atoms. The second-order valence-corrected chi connectivity index (χ2v) is 5.17. The summed E-state index contributed by atoms with van der Waals surface area (Å²) in [5.74, 6) is 0.514. The van der Waals surface area contributed by atoms with Gasteiger partial charge >= 0.3 is 0 Å². The van der Waals surface area contributed by atoms with Gasteiger partial charge in [-0.1, -0.05) is 0 Å². The van der Waals surface area contributed by atoms with Gasteiger partial charge in [0.15, 0.2) is 0 Å². The van der Waals surface area contributed by atoms with Crippen LogP contribution in [-0.2, 0) is 11.3 Å². The summed E-state index contributed by atoms with van der Waals surface area (Å²) < 4.78 is 19.2. The Kier molecular flexibility index (Phi) is 4.89. The van der Waals surface area contributed by atoms with E-state index in [-0.39, 0.29) is 5.82 Å². The van der Waals surface area contributed by atoms with Crippen LogP contribution in [0.2, 0.25) is 0 Å². The molecule has 0 heterocycles. The van der Waals surface area contributed by atoms with Gasteiger partial charge in [0.25, 0.3) is 0 Å². The standard InChI is InChI=1S/C15H19FN2O/c1-18(6-7-19-11-12-2-3-12)10-14-8-13(9-17)4-5-15(14)16/h4-5,8,12H,2-3,6-7,10-11H2,1H3. The summed E-state index contributed by atoms with van der Waals surface area (Å²) in [6.45, 7) is 2.79. The van der Waals surface area contributed by atoms with Gasteiger partial charge < -0.3 is 4.74 Å². The van der Waals surface area contributed by atoms with Crippen molar-refractivity contribution >= 4 is 0 Å². The van der Waals surface area contributed by atoms with Gasteiger partial charge in [-0.15, -0.1) is 0 Å². The van der Waals surface area contributed by atoms with Gasteiger partial charge in [0.2, 0.25) is 0 Å². The van der Waals surface area contributed by atoms with Crippen molar-refractivity contribution in [2.45, 2.75) is 19.4 Å². The number of hydrogen-bond donors (Lipinski definition) is 0. The molecule has 3 nitrogen and oxygen atoms in total. The maximum Gasteiger partial charge on any atom is 0.127 e. The first kappa shape index (κ1) is 14.0. The number of hydrogen-bond acceptors (Lipinski definition) is 3. The van der Waals surface area contributed by atoms with Crippen LogP contribution in [0.1, 0.15) is 24.0 Å². The van der Waals surface area contributed by atoms with Crippen LogP contribution in [0.4, 0.5) is 4.39 Å². The number of ether oxygens (including phenoxy) is 1. The lowest BCUT2D eigenvalue weighted by Gasteiger charge is -2.17. The molecule has 0 saturated heterocycles. The fourth-order valence-electron chi connectivity index (χ4n) is 1.89. The molecular weight excluding hydrogens is 243 g/mol. The lowest BCUT2D eigenvalue weighted by atomic mass is 10.1. The van der Waals surface area contributed by atoms with Crippen LogP contribution >= 0.6 is 0 Å². The number of nitrogens with zero attached hydrogens (tertiary/aromatic N) is 2. The van der Waals surface area contributed by atoms with Crippen molar-refractivity contribution in [1.29, 1.82) is 5.26 Å². The summed E-state index contributed by atoms with van der Waals surface area (Å²) in [6.07, 6.45) is 2.59. The molecule has 4 heteroatoms. The fourth-order valence-corrected chi connectivity index (χ4v) is 1.89. The maximum atomic E-state index is 13.6. The summed E-state index contributed by atoms with van der Waals surface area (Å²) in [4.78, 5) is 2.01. The van der Waals surface area contributed by atoms with E-state index >= 15 is 0 Å². The zero-order chi connectivity index (χ0) is 13.7. The van der Waals surface area contributed by atoms with E-state index < -0.39 is 0 Å². The monoisotopic (exact) mass is 262 g/mol. The normalized spacial score (nSPS) is 14.6. The molecule has 0 amide bonds. The molecule has 2 rings (SSSR count). The Labute approximate surface area is 113 Å². The molecule has 1 aliphatic carbocycles. The van der Waals surface area contributed by atoms with Gasteiger partial charge in [-0.25, -0.2) is 4.39 Å². The molecule has 1 aromatic carbocycles. The van der Waals surface area contributed by atoms with E-state index in [1.807, 2.05) is 18.0 Å². The third-order valence-corrected chi connectivity index (χ3v) is 3.28. The SMILES string of the molecule is CN(CCOCC1CC1)Cc1cc(C#N)ccc1F. The van der Waals surface area contributed by atoms with Crippen LogP contribution in [0.25, 0.3) is 0 Å². The average molecular weight is 262 g/mol. The maximum absolute atomic E-state index is 13.6. The van der Waals surface area contributed by atoms with Crippen LogP contribution in [0, 0.1) is 23.1 Å². The zero-order valence-corrected chi connectivity index (χ0v) is 11.2. The minimum Gasteiger partial charge on any atom is -0.380 e. The number of benzene rings is 1. The van der Waals surface area contributed by atoms with Gasteiger partial charge in [-0.3, -0.25) is 4.90 Å². The highest BCUT2D eigenvalue weighted by Gasteiger charge is 2.20. The topological polar surface area (TPSA) is 36.3 Å². The molecule has 0 unspecified atom stereocenters. The highest BCUT2D eigenvalue weighted by atomic mass is 19.1. The van der Waals surface area contributed by atoms with Crippen LogP contribution in [0.5, 0.6) is 0 Å². The molecule has 1 aromatic rings. The molecule has 1 fully saturated rings. The predicted octanol–water partition coefficient (Wildman–Crippen LogP) is 2.56. The second kappa shape index (κ2) is 6.65. The molecule has 102 valence electrons. The Hall–Kier alpha value is -1.44. The molecule has 1 aliphatic rings. The summed E-state index contributed by atoms with van der Waals surface area (Å²) in [6, 6.07) is 6.49. The molecule has 0 bridgehead atoms. The Balaban J connectivity index is 1.77. The highest BCUT2D eigenvalue weighted by Crippen LogP contribution is 2.28. The van der Waals surface area contributed by atoms with Crippen molar-refractivity contribution in [2.24, 2.45) is 5.92 Å². The first-order valence-corrected chi connectivity index (χ1v) is 6.64. The largest absolute Gasteiger partial charge is 0.380 e. The Bertz CT molecular complexity index is 466. The van der Waals surface area contributed by atoms with Crippen molar-refractivity contribution in [3.05, 3.63) is 35.1 Å². The van der Waals surface area contributed by atoms with Crippen LogP contribution < -0.4 is 0 Å². The van der Waals surface area contributed by atoms with Crippen molar-refractivity contribution < 1.29 is 9.13 Å². The molecule has 0 atom stereocenters. The van der Waals surface area contributed by atoms with E-state index in [1.165, 1.54) is 25.0 Å². The molecule has 0 radical (unpaired) electrons. The number of nitriles is 1. The lowest BCUT2D eigenvalue weighted by molar-refractivity contribution is 0.101. The highest BCUT2D eigenvalue weighted by molar-refractivity contribution is 5.33. The molecule has 0 spiro atoms. The predicted molar refractivity (Wildman–Crippen MR) is 71.0 cm³/mol. The van der Waals surface area contributed by atoms with Crippen molar-refractivity contribution in [2.75, 3.05) is 26.8 Å². The van der Waals surface area contributed by atoms with Crippen LogP contribution in [-0.4, -0.2) is 31.7 Å². The first-order chi connectivity index (χ1) is 9.19. The van der Waals surface area contributed by atoms with Gasteiger partial charge in [0.1, 0.15) is 5.82 Å². The summed E-state index contributed by atoms with van der Waals surface area (Å²) in [5.41, 5.74) is 1.05. The van der Waals surface area contributed by atoms with E-state index in [4.69, 9.17) is 10.00 Å². The summed E-state index contributed by atoms with van der Waals surface area (Å²) >= 11 is 0. The van der Waals surface area contributed by atoms with Crippen molar-refractivity contribution in [3.63, 3.8) is 0 Å². The second-order valence-electron chi connectivity index (χ2n) is 5.17. The third kappa shape index (κ3) is 4.62. The van der Waals surface area contributed by atoms with Crippen LogP contribution in [0.15, 0.2) is 18.2 Å². The number of halogens is 1. The van der Waals surface area contributed by atoms with Gasteiger partial charge in [-0.2, -0.15) is 5.26 Å². The molecule has 0 N–H and O–H groups in total. The Morgan fingerprint density at radius 2 is 2.26 bits per heavy atom. The number of rotatable bonds is 7. The molecular formula is C15H19FN2O. The Morgan fingerprint density at radius 1 is 1.47 bits per heavy atom. The average Bonchev–Trinajstić information content (AvgIpc) is 3.21. The molecule has 1 saturated carbocycles. The summed E-state index contributed by atoms with van der Waals surface area (Å²) in [5, 5.41) is 8.81. The quantitative estimate of drug-likeness (QED) is 0.709. The van der Waals surface area contributed by atoms with Crippen molar-refractivity contribution in [3.8, 4) is 6.07 Å². The lowest BCUT2D eigenvalue weighted by Crippen LogP contribution is -2.23. The zero-order valence-electron chi connectivity index (χ0n) is 11.2. The minimum atomic E-state index is -0.259. The number of likely N-dealkylation sites (N-methyl/N-ethyl adjacent to an activating group) is 1. The van der Waals surface area contributed by atoms with E-state index in [0.29, 0.717) is 24.3 Å². The first-order valence-electron chi connectivity index (χ1n) is 6.64. The van der Waals surface area contributed by atoms with E-state index in [1.54, 1.807) is 6.07 Å². The molecule has 0 aliphatic heterocycles. The van der Waals surface area contributed by atoms with Crippen molar-refractivity contribution in [1.82, 2.24) is 4.90 Å². The minimum absolute atomic E-state index is 0.259. The van der Waals surface area contributed by atoms with Gasteiger partial charge in [-0.05, 0) is 44.0 Å². The molecule has 0 aromatic heterocycles. The summed E-state index contributed by atoms with van der Waals surface area (Å²) in [7, 11) is 1.93. The van der Waals surface area contributed by atoms with Crippen LogP contribution in [0.3, 0.4) is 0 Å². The third-order valence-electron chi connectivity index (χ3n) is 3.28.